The van der Waals surface area contributed by atoms with E-state index in [-0.39, 0.29) is 39.0 Å². The summed E-state index contributed by atoms with van der Waals surface area (Å²) in [6.45, 7) is -1.00. The molecule has 0 bridgehead atoms. The maximum atomic E-state index is 8.25. The van der Waals surface area contributed by atoms with Gasteiger partial charge in [-0.1, -0.05) is 0 Å². The summed E-state index contributed by atoms with van der Waals surface area (Å²) < 4.78 is 0. The fourth-order valence-electron chi connectivity index (χ4n) is 0. The van der Waals surface area contributed by atoms with E-state index in [2.05, 4.69) is 0 Å². The van der Waals surface area contributed by atoms with Gasteiger partial charge in [0.1, 0.15) is 0 Å². The first-order valence-electron chi connectivity index (χ1n) is 0.943. The Balaban J connectivity index is -0.0000000160. The first-order valence-corrected chi connectivity index (χ1v) is 0.943. The molecule has 0 heterocycles. The summed E-state index contributed by atoms with van der Waals surface area (Å²) >= 11 is 0. The molecule has 0 aromatic rings. The SMILES string of the molecule is O=C[O-].O=C[O-].[Zn+2].[Zn+2]. The Labute approximate surface area is 71.8 Å². The second-order valence-electron chi connectivity index (χ2n) is 0.192. The predicted octanol–water partition coefficient (Wildman–Crippen LogP) is -3.27. The molecule has 0 unspecified atom stereocenters. The van der Waals surface area contributed by atoms with Crippen LogP contribution < -0.4 is 10.2 Å². The molecule has 0 aromatic carbocycles. The summed E-state index contributed by atoms with van der Waals surface area (Å²) in [6.07, 6.45) is 0. The Morgan fingerprint density at radius 2 is 0.875 bits per heavy atom. The first-order chi connectivity index (χ1) is 2.83. The van der Waals surface area contributed by atoms with Gasteiger partial charge in [0.2, 0.25) is 0 Å². The summed E-state index contributed by atoms with van der Waals surface area (Å²) in [7, 11) is 0. The van der Waals surface area contributed by atoms with Crippen LogP contribution in [0, 0.1) is 0 Å². The van der Waals surface area contributed by atoms with Crippen LogP contribution in [0.5, 0.6) is 0 Å². The van der Waals surface area contributed by atoms with Gasteiger partial charge in [-0.05, 0) is 0 Å². The molecule has 0 amide bonds. The van der Waals surface area contributed by atoms with Crippen LogP contribution in [-0.4, -0.2) is 12.9 Å². The van der Waals surface area contributed by atoms with Crippen molar-refractivity contribution in [3.8, 4) is 0 Å². The van der Waals surface area contributed by atoms with Crippen molar-refractivity contribution in [2.24, 2.45) is 0 Å². The standard InChI is InChI=1S/2CH2O2.2Zn/c2*2-1-3;;/h2*1H,(H,2,3);;/q;;2*+2/p-2. The Morgan fingerprint density at radius 1 is 0.875 bits per heavy atom. The molecular weight excluding hydrogens is 219 g/mol. The van der Waals surface area contributed by atoms with Crippen molar-refractivity contribution in [3.05, 3.63) is 0 Å². The molecule has 0 aromatic heterocycles. The third-order valence-electron chi connectivity index (χ3n) is 0. The zero-order valence-corrected chi connectivity index (χ0v) is 10.1. The minimum Gasteiger partial charge on any atom is -0.554 e. The Morgan fingerprint density at radius 3 is 0.875 bits per heavy atom. The summed E-state index contributed by atoms with van der Waals surface area (Å²) in [4.78, 5) is 16.5. The first kappa shape index (κ1) is 24.1. The molecule has 0 rings (SSSR count). The van der Waals surface area contributed by atoms with Gasteiger partial charge < -0.3 is 19.8 Å². The summed E-state index contributed by atoms with van der Waals surface area (Å²) in [5.41, 5.74) is 0. The molecule has 6 heteroatoms. The number of rotatable bonds is 0. The van der Waals surface area contributed by atoms with E-state index in [9.17, 15) is 0 Å². The smallest absolute Gasteiger partial charge is 0.554 e. The van der Waals surface area contributed by atoms with Gasteiger partial charge in [0, 0.05) is 12.9 Å². The molecule has 0 aliphatic rings. The topological polar surface area (TPSA) is 80.3 Å². The minimum absolute atomic E-state index is 0. The molecule has 0 saturated heterocycles. The minimum atomic E-state index is -0.500. The average molecular weight is 221 g/mol. The van der Waals surface area contributed by atoms with Gasteiger partial charge in [0.15, 0.2) is 0 Å². The van der Waals surface area contributed by atoms with Crippen LogP contribution in [0.1, 0.15) is 0 Å². The predicted molar refractivity (Wildman–Crippen MR) is 12.1 cm³/mol. The van der Waals surface area contributed by atoms with Crippen molar-refractivity contribution < 1.29 is 58.8 Å². The number of carbonyl (C=O) groups is 2. The van der Waals surface area contributed by atoms with Crippen LogP contribution in [0.15, 0.2) is 0 Å². The van der Waals surface area contributed by atoms with Crippen molar-refractivity contribution >= 4 is 12.9 Å². The molecule has 4 nitrogen and oxygen atoms in total. The molecule has 0 aliphatic heterocycles. The van der Waals surface area contributed by atoms with Crippen molar-refractivity contribution in [1.29, 1.82) is 0 Å². The van der Waals surface area contributed by atoms with Gasteiger partial charge in [-0.25, -0.2) is 0 Å². The van der Waals surface area contributed by atoms with Gasteiger partial charge >= 0.3 is 39.0 Å². The van der Waals surface area contributed by atoms with Gasteiger partial charge in [-0.3, -0.25) is 0 Å². The fourth-order valence-corrected chi connectivity index (χ4v) is 0. The quantitative estimate of drug-likeness (QED) is 0.317. The molecule has 0 radical (unpaired) electrons. The second-order valence-corrected chi connectivity index (χ2v) is 0.192. The average Bonchev–Trinajstić information content (AvgIpc) is 1.39. The molecule has 0 fully saturated rings. The molecule has 0 atom stereocenters. The van der Waals surface area contributed by atoms with Crippen LogP contribution >= 0.6 is 0 Å². The molecular formula is C2H2O4Zn2+2. The zero-order chi connectivity index (χ0) is 5.41. The Bertz CT molecular complexity index is 33.0. The van der Waals surface area contributed by atoms with E-state index in [1.165, 1.54) is 0 Å². The normalized spacial score (nSPS) is 3.00. The maximum Gasteiger partial charge on any atom is 2.00 e. The Hall–Kier alpha value is 0.187. The van der Waals surface area contributed by atoms with Crippen molar-refractivity contribution in [2.45, 2.75) is 0 Å². The summed E-state index contributed by atoms with van der Waals surface area (Å²) in [5, 5.41) is 16.5. The second kappa shape index (κ2) is 57.5. The van der Waals surface area contributed by atoms with Gasteiger partial charge in [-0.15, -0.1) is 0 Å². The van der Waals surface area contributed by atoms with Gasteiger partial charge in [-0.2, -0.15) is 0 Å². The van der Waals surface area contributed by atoms with E-state index < -0.39 is 12.9 Å². The van der Waals surface area contributed by atoms with Gasteiger partial charge in [0.25, 0.3) is 0 Å². The van der Waals surface area contributed by atoms with Crippen LogP contribution in [0.4, 0.5) is 0 Å². The van der Waals surface area contributed by atoms with Crippen molar-refractivity contribution in [3.63, 3.8) is 0 Å². The number of carbonyl (C=O) groups excluding carboxylic acids is 2. The maximum absolute atomic E-state index is 8.25. The van der Waals surface area contributed by atoms with Gasteiger partial charge in [0.05, 0.1) is 0 Å². The van der Waals surface area contributed by atoms with E-state index in [4.69, 9.17) is 19.8 Å². The van der Waals surface area contributed by atoms with Crippen LogP contribution in [0.2, 0.25) is 0 Å². The summed E-state index contributed by atoms with van der Waals surface area (Å²) in [5.74, 6) is 0. The zero-order valence-electron chi connectivity index (χ0n) is 4.20. The molecule has 36 valence electrons. The third-order valence-corrected chi connectivity index (χ3v) is 0. The monoisotopic (exact) mass is 218 g/mol. The fraction of sp³-hybridized carbons (Fsp3) is 0. The largest absolute Gasteiger partial charge is 2.00 e. The van der Waals surface area contributed by atoms with E-state index in [1.807, 2.05) is 0 Å². The molecule has 0 aliphatic carbocycles. The van der Waals surface area contributed by atoms with E-state index in [0.717, 1.165) is 0 Å². The number of hydrogen-bond acceptors (Lipinski definition) is 4. The van der Waals surface area contributed by atoms with E-state index in [1.54, 1.807) is 0 Å². The number of carboxylic acid groups (broad SMARTS) is 2. The van der Waals surface area contributed by atoms with Crippen molar-refractivity contribution in [1.82, 2.24) is 0 Å². The van der Waals surface area contributed by atoms with Crippen molar-refractivity contribution in [2.75, 3.05) is 0 Å². The van der Waals surface area contributed by atoms with E-state index >= 15 is 0 Å². The molecule has 0 saturated carbocycles. The van der Waals surface area contributed by atoms with Crippen LogP contribution in [-0.2, 0) is 48.5 Å². The van der Waals surface area contributed by atoms with Crippen LogP contribution in [0.3, 0.4) is 0 Å². The Kier molecular flexibility index (Phi) is 173. The van der Waals surface area contributed by atoms with E-state index in [0.29, 0.717) is 0 Å². The number of hydrogen-bond donors (Lipinski definition) is 0. The molecule has 0 spiro atoms. The molecule has 8 heavy (non-hydrogen) atoms. The third kappa shape index (κ3) is 4770. The molecule has 0 N–H and O–H groups in total. The van der Waals surface area contributed by atoms with Crippen LogP contribution in [0.25, 0.3) is 0 Å². The summed E-state index contributed by atoms with van der Waals surface area (Å²) in [6, 6.07) is 0.